The van der Waals surface area contributed by atoms with Crippen LogP contribution in [-0.4, -0.2) is 18.0 Å². The minimum Gasteiger partial charge on any atom is -0.459 e. The van der Waals surface area contributed by atoms with E-state index in [1.807, 2.05) is 0 Å². The molecule has 0 radical (unpaired) electrons. The molecule has 2 aliphatic rings. The van der Waals surface area contributed by atoms with Crippen LogP contribution in [0.1, 0.15) is 62.2 Å². The summed E-state index contributed by atoms with van der Waals surface area (Å²) in [6.45, 7) is 5.14. The molecule has 0 aliphatic heterocycles. The molecule has 0 N–H and O–H groups in total. The van der Waals surface area contributed by atoms with Crippen molar-refractivity contribution in [3.05, 3.63) is 42.0 Å². The van der Waals surface area contributed by atoms with Gasteiger partial charge >= 0.3 is 11.9 Å². The number of fused-ring (bicyclic) bond motifs is 1. The van der Waals surface area contributed by atoms with Crippen molar-refractivity contribution in [2.75, 3.05) is 0 Å². The van der Waals surface area contributed by atoms with Crippen LogP contribution in [0.5, 0.6) is 5.75 Å². The zero-order valence-electron chi connectivity index (χ0n) is 14.8. The van der Waals surface area contributed by atoms with Crippen molar-refractivity contribution in [2.45, 2.75) is 58.0 Å². The normalized spacial score (nSPS) is 25.6. The molecular formula is C21H26O4. The van der Waals surface area contributed by atoms with Crippen LogP contribution in [-0.2, 0) is 9.53 Å². The fourth-order valence-electron chi connectivity index (χ4n) is 4.06. The largest absolute Gasteiger partial charge is 0.459 e. The standard InChI is InChI=1S/C21H26O4/c1-14(2)20(22)25-19-10-6-5-9-18(19)21(23)24-17-12-11-15-7-3-4-8-16(15)13-17/h5-6,9-10,15-17H,1,3-4,7-8,11-13H2,2H3/t15-,16?,17?/m1/s1. The Hall–Kier alpha value is -2.10. The fourth-order valence-corrected chi connectivity index (χ4v) is 4.06. The maximum atomic E-state index is 12.6. The first kappa shape index (κ1) is 17.7. The Morgan fingerprint density at radius 2 is 1.76 bits per heavy atom. The third-order valence-electron chi connectivity index (χ3n) is 5.42. The molecule has 2 unspecified atom stereocenters. The second-order valence-electron chi connectivity index (χ2n) is 7.31. The van der Waals surface area contributed by atoms with Gasteiger partial charge < -0.3 is 9.47 Å². The molecule has 0 spiro atoms. The second-order valence-corrected chi connectivity index (χ2v) is 7.31. The summed E-state index contributed by atoms with van der Waals surface area (Å²) in [4.78, 5) is 24.4. The SMILES string of the molecule is C=C(C)C(=O)Oc1ccccc1C(=O)OC1CC[C@H]2CCCCC2C1. The van der Waals surface area contributed by atoms with Crippen LogP contribution in [0.25, 0.3) is 0 Å². The van der Waals surface area contributed by atoms with Crippen molar-refractivity contribution >= 4 is 11.9 Å². The maximum Gasteiger partial charge on any atom is 0.342 e. The minimum absolute atomic E-state index is 0.0308. The Kier molecular flexibility index (Phi) is 5.57. The number of carbonyl (C=O) groups is 2. The highest BCUT2D eigenvalue weighted by molar-refractivity contribution is 5.95. The maximum absolute atomic E-state index is 12.6. The number of ether oxygens (including phenoxy) is 2. The summed E-state index contributed by atoms with van der Waals surface area (Å²) in [5, 5.41) is 0. The molecule has 0 bridgehead atoms. The molecule has 4 heteroatoms. The molecule has 0 amide bonds. The summed E-state index contributed by atoms with van der Waals surface area (Å²) in [5.74, 6) is 0.781. The van der Waals surface area contributed by atoms with E-state index in [-0.39, 0.29) is 11.9 Å². The average Bonchev–Trinajstić information content (AvgIpc) is 2.62. The highest BCUT2D eigenvalue weighted by Crippen LogP contribution is 2.41. The van der Waals surface area contributed by atoms with Gasteiger partial charge in [0.15, 0.2) is 0 Å². The summed E-state index contributed by atoms with van der Waals surface area (Å²) < 4.78 is 11.0. The Morgan fingerprint density at radius 1 is 1.04 bits per heavy atom. The Bertz CT molecular complexity index is 664. The van der Waals surface area contributed by atoms with Gasteiger partial charge in [-0.2, -0.15) is 0 Å². The molecule has 4 nitrogen and oxygen atoms in total. The molecule has 1 aromatic rings. The number of hydrogen-bond donors (Lipinski definition) is 0. The first-order valence-electron chi connectivity index (χ1n) is 9.22. The quantitative estimate of drug-likeness (QED) is 0.453. The summed E-state index contributed by atoms with van der Waals surface area (Å²) in [6, 6.07) is 6.71. The molecule has 2 saturated carbocycles. The number of carbonyl (C=O) groups excluding carboxylic acids is 2. The predicted octanol–water partition coefficient (Wildman–Crippen LogP) is 4.68. The lowest BCUT2D eigenvalue weighted by Crippen LogP contribution is -2.33. The number of para-hydroxylation sites is 1. The molecule has 0 heterocycles. The van der Waals surface area contributed by atoms with E-state index in [1.54, 1.807) is 31.2 Å². The van der Waals surface area contributed by atoms with E-state index in [0.29, 0.717) is 17.1 Å². The summed E-state index contributed by atoms with van der Waals surface area (Å²) in [6.07, 6.45) is 8.22. The van der Waals surface area contributed by atoms with Crippen LogP contribution < -0.4 is 4.74 Å². The van der Waals surface area contributed by atoms with Crippen molar-refractivity contribution in [1.82, 2.24) is 0 Å². The third kappa shape index (κ3) is 4.30. The van der Waals surface area contributed by atoms with E-state index in [1.165, 1.54) is 25.7 Å². The van der Waals surface area contributed by atoms with E-state index in [9.17, 15) is 9.59 Å². The number of rotatable bonds is 4. The van der Waals surface area contributed by atoms with E-state index >= 15 is 0 Å². The smallest absolute Gasteiger partial charge is 0.342 e. The second kappa shape index (κ2) is 7.85. The molecule has 0 saturated heterocycles. The van der Waals surface area contributed by atoms with Gasteiger partial charge in [0, 0.05) is 5.57 Å². The van der Waals surface area contributed by atoms with Crippen molar-refractivity contribution < 1.29 is 19.1 Å². The van der Waals surface area contributed by atoms with Crippen molar-refractivity contribution in [3.63, 3.8) is 0 Å². The summed E-state index contributed by atoms with van der Waals surface area (Å²) in [5.41, 5.74) is 0.585. The molecule has 2 fully saturated rings. The molecule has 0 aromatic heterocycles. The topological polar surface area (TPSA) is 52.6 Å². The van der Waals surface area contributed by atoms with Gasteiger partial charge in [-0.25, -0.2) is 9.59 Å². The van der Waals surface area contributed by atoms with E-state index in [4.69, 9.17) is 9.47 Å². The van der Waals surface area contributed by atoms with Gasteiger partial charge in [-0.3, -0.25) is 0 Å². The highest BCUT2D eigenvalue weighted by Gasteiger charge is 2.34. The summed E-state index contributed by atoms with van der Waals surface area (Å²) >= 11 is 0. The van der Waals surface area contributed by atoms with Crippen LogP contribution in [0, 0.1) is 11.8 Å². The minimum atomic E-state index is -0.539. The monoisotopic (exact) mass is 342 g/mol. The average molecular weight is 342 g/mol. The fraction of sp³-hybridized carbons (Fsp3) is 0.524. The molecule has 134 valence electrons. The third-order valence-corrected chi connectivity index (χ3v) is 5.42. The van der Waals surface area contributed by atoms with Gasteiger partial charge in [0.25, 0.3) is 0 Å². The number of benzene rings is 1. The Morgan fingerprint density at radius 3 is 2.52 bits per heavy atom. The lowest BCUT2D eigenvalue weighted by atomic mass is 9.70. The van der Waals surface area contributed by atoms with Crippen LogP contribution >= 0.6 is 0 Å². The molecule has 2 aliphatic carbocycles. The molecule has 3 rings (SSSR count). The van der Waals surface area contributed by atoms with Gasteiger partial charge in [-0.05, 0) is 50.2 Å². The first-order valence-corrected chi connectivity index (χ1v) is 9.22. The van der Waals surface area contributed by atoms with E-state index < -0.39 is 11.9 Å². The Labute approximate surface area is 149 Å². The van der Waals surface area contributed by atoms with E-state index in [0.717, 1.165) is 25.2 Å². The zero-order chi connectivity index (χ0) is 17.8. The van der Waals surface area contributed by atoms with Crippen molar-refractivity contribution in [2.24, 2.45) is 11.8 Å². The highest BCUT2D eigenvalue weighted by atomic mass is 16.6. The molecule has 3 atom stereocenters. The zero-order valence-corrected chi connectivity index (χ0v) is 14.8. The van der Waals surface area contributed by atoms with Crippen molar-refractivity contribution in [1.29, 1.82) is 0 Å². The van der Waals surface area contributed by atoms with Crippen LogP contribution in [0.15, 0.2) is 36.4 Å². The van der Waals surface area contributed by atoms with Gasteiger partial charge in [0.2, 0.25) is 0 Å². The van der Waals surface area contributed by atoms with Gasteiger partial charge in [-0.1, -0.05) is 44.4 Å². The van der Waals surface area contributed by atoms with Crippen LogP contribution in [0.2, 0.25) is 0 Å². The van der Waals surface area contributed by atoms with Crippen LogP contribution in [0.3, 0.4) is 0 Å². The molecule has 25 heavy (non-hydrogen) atoms. The van der Waals surface area contributed by atoms with E-state index in [2.05, 4.69) is 6.58 Å². The van der Waals surface area contributed by atoms with Crippen molar-refractivity contribution in [3.8, 4) is 5.75 Å². The van der Waals surface area contributed by atoms with Gasteiger partial charge in [-0.15, -0.1) is 0 Å². The first-order chi connectivity index (χ1) is 12.0. The number of hydrogen-bond acceptors (Lipinski definition) is 4. The Balaban J connectivity index is 1.65. The van der Waals surface area contributed by atoms with Crippen LogP contribution in [0.4, 0.5) is 0 Å². The van der Waals surface area contributed by atoms with Gasteiger partial charge in [0.05, 0.1) is 0 Å². The summed E-state index contributed by atoms with van der Waals surface area (Å²) in [7, 11) is 0. The number of esters is 2. The molecular weight excluding hydrogens is 316 g/mol. The van der Waals surface area contributed by atoms with Gasteiger partial charge in [0.1, 0.15) is 17.4 Å². The lowest BCUT2D eigenvalue weighted by molar-refractivity contribution is -0.130. The lowest BCUT2D eigenvalue weighted by Gasteiger charge is -2.38. The molecule has 1 aromatic carbocycles. The predicted molar refractivity (Wildman–Crippen MR) is 95.4 cm³/mol.